The lowest BCUT2D eigenvalue weighted by Crippen LogP contribution is -2.43. The van der Waals surface area contributed by atoms with Gasteiger partial charge in [0.25, 0.3) is 0 Å². The lowest BCUT2D eigenvalue weighted by atomic mass is 10.1. The molecule has 118 valence electrons. The van der Waals surface area contributed by atoms with Crippen molar-refractivity contribution in [1.82, 2.24) is 4.31 Å². The molecule has 1 fully saturated rings. The fraction of sp³-hybridized carbons (Fsp3) is 0.929. The molecule has 1 aliphatic carbocycles. The number of hydrogen-bond donors (Lipinski definition) is 1. The van der Waals surface area contributed by atoms with E-state index >= 15 is 0 Å². The quantitative estimate of drug-likeness (QED) is 0.710. The molecule has 6 heteroatoms. The Kier molecular flexibility index (Phi) is 6.95. The van der Waals surface area contributed by atoms with Gasteiger partial charge in [-0.2, -0.15) is 0 Å². The van der Waals surface area contributed by atoms with E-state index in [1.165, 1.54) is 4.31 Å². The van der Waals surface area contributed by atoms with Crippen molar-refractivity contribution < 1.29 is 18.3 Å². The van der Waals surface area contributed by atoms with Gasteiger partial charge in [-0.3, -0.25) is 4.79 Å². The first kappa shape index (κ1) is 17.4. The van der Waals surface area contributed by atoms with E-state index in [0.717, 1.165) is 25.7 Å². The normalized spacial score (nSPS) is 23.4. The van der Waals surface area contributed by atoms with Crippen LogP contribution < -0.4 is 0 Å². The molecule has 0 spiro atoms. The summed E-state index contributed by atoms with van der Waals surface area (Å²) in [5.41, 5.74) is 0. The Morgan fingerprint density at radius 3 is 2.15 bits per heavy atom. The zero-order chi connectivity index (χ0) is 15.2. The van der Waals surface area contributed by atoms with E-state index < -0.39 is 27.2 Å². The van der Waals surface area contributed by atoms with Crippen LogP contribution >= 0.6 is 0 Å². The molecule has 0 bridgehead atoms. The van der Waals surface area contributed by atoms with Crippen LogP contribution in [0.15, 0.2) is 0 Å². The van der Waals surface area contributed by atoms with Gasteiger partial charge >= 0.3 is 5.97 Å². The molecule has 20 heavy (non-hydrogen) atoms. The molecule has 0 aromatic rings. The predicted octanol–water partition coefficient (Wildman–Crippen LogP) is 2.47. The summed E-state index contributed by atoms with van der Waals surface area (Å²) < 4.78 is 27.0. The second-order valence-electron chi connectivity index (χ2n) is 5.57. The Bertz CT molecular complexity index is 399. The third-order valence-electron chi connectivity index (χ3n) is 4.03. The molecule has 1 aliphatic rings. The van der Waals surface area contributed by atoms with Crippen LogP contribution in [0.1, 0.15) is 58.8 Å². The Morgan fingerprint density at radius 1 is 1.15 bits per heavy atom. The van der Waals surface area contributed by atoms with Gasteiger partial charge in [-0.15, -0.1) is 0 Å². The summed E-state index contributed by atoms with van der Waals surface area (Å²) in [5.74, 6) is -1.70. The van der Waals surface area contributed by atoms with Gasteiger partial charge in [0.05, 0.1) is 11.2 Å². The molecule has 5 nitrogen and oxygen atoms in total. The highest BCUT2D eigenvalue weighted by Crippen LogP contribution is 2.33. The third-order valence-corrected chi connectivity index (χ3v) is 6.45. The minimum absolute atomic E-state index is 0.480. The monoisotopic (exact) mass is 305 g/mol. The Morgan fingerprint density at radius 2 is 1.70 bits per heavy atom. The van der Waals surface area contributed by atoms with Gasteiger partial charge in [-0.25, -0.2) is 12.7 Å². The van der Waals surface area contributed by atoms with Crippen molar-refractivity contribution in [3.63, 3.8) is 0 Å². The molecular formula is C14H27NO4S. The van der Waals surface area contributed by atoms with Crippen molar-refractivity contribution in [2.24, 2.45) is 5.92 Å². The van der Waals surface area contributed by atoms with E-state index in [2.05, 4.69) is 0 Å². The SMILES string of the molecule is CCCCN(CCCC)S(=O)(=O)C1CCCC1C(=O)O. The van der Waals surface area contributed by atoms with Gasteiger partial charge in [0, 0.05) is 13.1 Å². The van der Waals surface area contributed by atoms with Crippen molar-refractivity contribution in [2.45, 2.75) is 64.0 Å². The predicted molar refractivity (Wildman–Crippen MR) is 79.1 cm³/mol. The van der Waals surface area contributed by atoms with Crippen LogP contribution in [0, 0.1) is 5.92 Å². The van der Waals surface area contributed by atoms with Crippen LogP contribution in [0.2, 0.25) is 0 Å². The Labute approximate surface area is 122 Å². The van der Waals surface area contributed by atoms with E-state index in [-0.39, 0.29) is 0 Å². The average molecular weight is 305 g/mol. The fourth-order valence-electron chi connectivity index (χ4n) is 2.79. The molecule has 0 amide bonds. The first-order valence-electron chi connectivity index (χ1n) is 7.66. The lowest BCUT2D eigenvalue weighted by molar-refractivity contribution is -0.141. The standard InChI is InChI=1S/C14H27NO4S/c1-3-5-10-15(11-6-4-2)20(18,19)13-9-7-8-12(13)14(16)17/h12-13H,3-11H2,1-2H3,(H,16,17). The number of nitrogens with zero attached hydrogens (tertiary/aromatic N) is 1. The molecule has 0 heterocycles. The van der Waals surface area contributed by atoms with E-state index in [1.54, 1.807) is 0 Å². The molecule has 0 aromatic carbocycles. The number of carboxylic acid groups (broad SMARTS) is 1. The van der Waals surface area contributed by atoms with E-state index in [9.17, 15) is 18.3 Å². The van der Waals surface area contributed by atoms with Gasteiger partial charge in [0.1, 0.15) is 0 Å². The maximum atomic E-state index is 12.7. The van der Waals surface area contributed by atoms with Gasteiger partial charge < -0.3 is 5.11 Å². The molecule has 1 rings (SSSR count). The largest absolute Gasteiger partial charge is 0.481 e. The maximum absolute atomic E-state index is 12.7. The van der Waals surface area contributed by atoms with Crippen molar-refractivity contribution >= 4 is 16.0 Å². The summed E-state index contributed by atoms with van der Waals surface area (Å²) in [4.78, 5) is 11.2. The summed E-state index contributed by atoms with van der Waals surface area (Å²) in [6.45, 7) is 5.09. The Hall–Kier alpha value is -0.620. The Balaban J connectivity index is 2.87. The van der Waals surface area contributed by atoms with Crippen LogP contribution in [0.5, 0.6) is 0 Å². The number of carboxylic acids is 1. The number of carbonyl (C=O) groups is 1. The summed E-state index contributed by atoms with van der Waals surface area (Å²) in [6, 6.07) is 0. The minimum atomic E-state index is -3.49. The highest BCUT2D eigenvalue weighted by molar-refractivity contribution is 7.89. The summed E-state index contributed by atoms with van der Waals surface area (Å²) in [6.07, 6.45) is 5.18. The van der Waals surface area contributed by atoms with Crippen molar-refractivity contribution in [1.29, 1.82) is 0 Å². The second kappa shape index (κ2) is 7.98. The lowest BCUT2D eigenvalue weighted by Gasteiger charge is -2.27. The molecule has 1 saturated carbocycles. The first-order valence-corrected chi connectivity index (χ1v) is 9.17. The average Bonchev–Trinajstić information content (AvgIpc) is 2.88. The fourth-order valence-corrected chi connectivity index (χ4v) is 5.07. The molecule has 1 N–H and O–H groups in total. The number of unbranched alkanes of at least 4 members (excludes halogenated alkanes) is 2. The topological polar surface area (TPSA) is 74.7 Å². The van der Waals surface area contributed by atoms with Gasteiger partial charge in [-0.1, -0.05) is 33.1 Å². The minimum Gasteiger partial charge on any atom is -0.481 e. The maximum Gasteiger partial charge on any atom is 0.307 e. The summed E-state index contributed by atoms with van der Waals surface area (Å²) >= 11 is 0. The number of sulfonamides is 1. The van der Waals surface area contributed by atoms with E-state index in [4.69, 9.17) is 0 Å². The molecule has 2 unspecified atom stereocenters. The van der Waals surface area contributed by atoms with Crippen LogP contribution in [0.3, 0.4) is 0 Å². The van der Waals surface area contributed by atoms with E-state index in [1.807, 2.05) is 13.8 Å². The summed E-state index contributed by atoms with van der Waals surface area (Å²) in [5, 5.41) is 8.47. The molecular weight excluding hydrogens is 278 g/mol. The highest BCUT2D eigenvalue weighted by Gasteiger charge is 2.43. The number of rotatable bonds is 9. The van der Waals surface area contributed by atoms with Crippen LogP contribution in [-0.4, -0.2) is 42.1 Å². The smallest absolute Gasteiger partial charge is 0.307 e. The number of aliphatic carboxylic acids is 1. The van der Waals surface area contributed by atoms with Crippen molar-refractivity contribution in [2.75, 3.05) is 13.1 Å². The molecule has 2 atom stereocenters. The van der Waals surface area contributed by atoms with Crippen LogP contribution in [0.25, 0.3) is 0 Å². The second-order valence-corrected chi connectivity index (χ2v) is 7.72. The molecule has 0 radical (unpaired) electrons. The van der Waals surface area contributed by atoms with Crippen molar-refractivity contribution in [3.05, 3.63) is 0 Å². The van der Waals surface area contributed by atoms with Gasteiger partial charge in [0.15, 0.2) is 0 Å². The molecule has 0 aliphatic heterocycles. The van der Waals surface area contributed by atoms with Crippen LogP contribution in [0.4, 0.5) is 0 Å². The van der Waals surface area contributed by atoms with E-state index in [0.29, 0.717) is 32.4 Å². The van der Waals surface area contributed by atoms with Crippen LogP contribution in [-0.2, 0) is 14.8 Å². The van der Waals surface area contributed by atoms with Gasteiger partial charge in [-0.05, 0) is 25.7 Å². The zero-order valence-corrected chi connectivity index (χ0v) is 13.4. The third kappa shape index (κ3) is 4.19. The molecule has 0 aromatic heterocycles. The number of hydrogen-bond acceptors (Lipinski definition) is 3. The van der Waals surface area contributed by atoms with Gasteiger partial charge in [0.2, 0.25) is 10.0 Å². The first-order chi connectivity index (χ1) is 9.45. The zero-order valence-electron chi connectivity index (χ0n) is 12.5. The summed E-state index contributed by atoms with van der Waals surface area (Å²) in [7, 11) is -3.49. The highest BCUT2D eigenvalue weighted by atomic mass is 32.2. The van der Waals surface area contributed by atoms with Crippen molar-refractivity contribution in [3.8, 4) is 0 Å². The molecule has 0 saturated heterocycles.